The van der Waals surface area contributed by atoms with Crippen LogP contribution in [0.1, 0.15) is 5.56 Å². The second-order valence-corrected chi connectivity index (χ2v) is 5.45. The van der Waals surface area contributed by atoms with Gasteiger partial charge in [0.15, 0.2) is 0 Å². The van der Waals surface area contributed by atoms with Crippen molar-refractivity contribution in [3.8, 4) is 0 Å². The predicted molar refractivity (Wildman–Crippen MR) is 65.3 cm³/mol. The molecule has 2 rings (SSSR count). The van der Waals surface area contributed by atoms with Gasteiger partial charge in [0.2, 0.25) is 0 Å². The van der Waals surface area contributed by atoms with Gasteiger partial charge in [0, 0.05) is 16.0 Å². The van der Waals surface area contributed by atoms with E-state index in [9.17, 15) is 0 Å². The Labute approximate surface area is 96.9 Å². The lowest BCUT2D eigenvalue weighted by atomic mass is 10.2. The van der Waals surface area contributed by atoms with E-state index in [0.717, 1.165) is 10.1 Å². The summed E-state index contributed by atoms with van der Waals surface area (Å²) in [5, 5.41) is 2.09. The monoisotopic (exact) mass is 240 g/mol. The smallest absolute Gasteiger partial charge is 0.0939 e. The Morgan fingerprint density at radius 1 is 1.21 bits per heavy atom. The van der Waals surface area contributed by atoms with Crippen LogP contribution in [0, 0.1) is 0 Å². The van der Waals surface area contributed by atoms with Crippen molar-refractivity contribution < 1.29 is 0 Å². The number of hydrogen-bond donors (Lipinski definition) is 0. The first-order valence-electron chi connectivity index (χ1n) is 4.25. The van der Waals surface area contributed by atoms with Crippen molar-refractivity contribution in [3.05, 3.63) is 51.7 Å². The molecule has 0 spiro atoms. The van der Waals surface area contributed by atoms with Crippen molar-refractivity contribution >= 4 is 34.7 Å². The number of thioether (sulfide) groups is 1. The average molecular weight is 241 g/mol. The number of benzene rings is 1. The van der Waals surface area contributed by atoms with Crippen LogP contribution in [-0.4, -0.2) is 0 Å². The Kier molecular flexibility index (Phi) is 3.51. The zero-order valence-corrected chi connectivity index (χ0v) is 9.83. The summed E-state index contributed by atoms with van der Waals surface area (Å²) < 4.78 is 0.862. The summed E-state index contributed by atoms with van der Waals surface area (Å²) in [5.74, 6) is 1.01. The Morgan fingerprint density at radius 3 is 2.64 bits per heavy atom. The Balaban J connectivity index is 1.95. The molecule has 0 amide bonds. The lowest BCUT2D eigenvalue weighted by Crippen LogP contribution is -1.76. The van der Waals surface area contributed by atoms with Gasteiger partial charge in [-0.3, -0.25) is 0 Å². The van der Waals surface area contributed by atoms with E-state index in [2.05, 4.69) is 29.6 Å². The highest BCUT2D eigenvalue weighted by Gasteiger charge is 1.98. The van der Waals surface area contributed by atoms with Gasteiger partial charge >= 0.3 is 0 Å². The van der Waals surface area contributed by atoms with Gasteiger partial charge in [-0.1, -0.05) is 41.9 Å². The van der Waals surface area contributed by atoms with Crippen LogP contribution in [0.4, 0.5) is 0 Å². The first-order valence-corrected chi connectivity index (χ1v) is 6.50. The molecule has 1 heterocycles. The highest BCUT2D eigenvalue weighted by Crippen LogP contribution is 2.29. The van der Waals surface area contributed by atoms with Crippen LogP contribution in [0.15, 0.2) is 46.7 Å². The molecule has 0 aliphatic carbocycles. The molecule has 0 atom stereocenters. The quantitative estimate of drug-likeness (QED) is 0.702. The molecule has 14 heavy (non-hydrogen) atoms. The van der Waals surface area contributed by atoms with E-state index < -0.39 is 0 Å². The van der Waals surface area contributed by atoms with Gasteiger partial charge in [-0.2, -0.15) is 0 Å². The van der Waals surface area contributed by atoms with E-state index in [1.54, 1.807) is 11.3 Å². The molecular formula is C11H9ClS2. The van der Waals surface area contributed by atoms with Gasteiger partial charge in [-0.05, 0) is 11.6 Å². The molecule has 0 aliphatic rings. The minimum absolute atomic E-state index is 0.862. The van der Waals surface area contributed by atoms with Gasteiger partial charge in [0.05, 0.1) is 4.34 Å². The molecule has 3 heteroatoms. The summed E-state index contributed by atoms with van der Waals surface area (Å²) >= 11 is 9.25. The number of halogens is 1. The van der Waals surface area contributed by atoms with E-state index in [1.165, 1.54) is 10.5 Å². The van der Waals surface area contributed by atoms with Gasteiger partial charge in [-0.15, -0.1) is 23.1 Å². The molecular weight excluding hydrogens is 232 g/mol. The first kappa shape index (κ1) is 10.1. The second kappa shape index (κ2) is 4.87. The predicted octanol–water partition coefficient (Wildman–Crippen LogP) is 4.69. The maximum Gasteiger partial charge on any atom is 0.0939 e. The zero-order chi connectivity index (χ0) is 9.80. The lowest BCUT2D eigenvalue weighted by molar-refractivity contribution is 1.40. The van der Waals surface area contributed by atoms with Crippen molar-refractivity contribution in [3.63, 3.8) is 0 Å². The Morgan fingerprint density at radius 2 is 2.00 bits per heavy atom. The molecule has 0 unspecified atom stereocenters. The summed E-state index contributed by atoms with van der Waals surface area (Å²) in [5.41, 5.74) is 1.35. The van der Waals surface area contributed by atoms with E-state index in [0.29, 0.717) is 0 Å². The minimum Gasteiger partial charge on any atom is -0.131 e. The van der Waals surface area contributed by atoms with Crippen molar-refractivity contribution in [1.29, 1.82) is 0 Å². The van der Waals surface area contributed by atoms with E-state index in [-0.39, 0.29) is 0 Å². The fraction of sp³-hybridized carbons (Fsp3) is 0.0909. The topological polar surface area (TPSA) is 0 Å². The molecule has 2 aromatic rings. The molecule has 1 aromatic carbocycles. The highest BCUT2D eigenvalue weighted by molar-refractivity contribution is 7.98. The van der Waals surface area contributed by atoms with Crippen molar-refractivity contribution in [1.82, 2.24) is 0 Å². The number of rotatable bonds is 3. The molecule has 0 N–H and O–H groups in total. The van der Waals surface area contributed by atoms with Crippen LogP contribution < -0.4 is 0 Å². The zero-order valence-electron chi connectivity index (χ0n) is 7.44. The van der Waals surface area contributed by atoms with Crippen LogP contribution in [0.3, 0.4) is 0 Å². The largest absolute Gasteiger partial charge is 0.131 e. The van der Waals surface area contributed by atoms with Crippen molar-refractivity contribution in [2.75, 3.05) is 0 Å². The Bertz CT molecular complexity index is 395. The third-order valence-electron chi connectivity index (χ3n) is 1.79. The van der Waals surface area contributed by atoms with Gasteiger partial charge in [-0.25, -0.2) is 0 Å². The maximum atomic E-state index is 5.85. The van der Waals surface area contributed by atoms with E-state index in [1.807, 2.05) is 23.9 Å². The minimum atomic E-state index is 0.862. The standard InChI is InChI=1S/C11H9ClS2/c12-11-6-10(8-14-11)13-7-9-4-2-1-3-5-9/h1-6,8H,7H2. The third-order valence-corrected chi connectivity index (χ3v) is 4.08. The van der Waals surface area contributed by atoms with Gasteiger partial charge in [0.25, 0.3) is 0 Å². The summed E-state index contributed by atoms with van der Waals surface area (Å²) in [6.45, 7) is 0. The summed E-state index contributed by atoms with van der Waals surface area (Å²) in [7, 11) is 0. The highest BCUT2D eigenvalue weighted by atomic mass is 35.5. The molecule has 0 saturated carbocycles. The van der Waals surface area contributed by atoms with Crippen molar-refractivity contribution in [2.45, 2.75) is 10.6 Å². The van der Waals surface area contributed by atoms with Crippen molar-refractivity contribution in [2.24, 2.45) is 0 Å². The molecule has 0 aliphatic heterocycles. The van der Waals surface area contributed by atoms with E-state index >= 15 is 0 Å². The van der Waals surface area contributed by atoms with Crippen LogP contribution in [0.2, 0.25) is 4.34 Å². The Hall–Kier alpha value is -0.440. The third kappa shape index (κ3) is 2.77. The fourth-order valence-electron chi connectivity index (χ4n) is 1.11. The first-order chi connectivity index (χ1) is 6.84. The van der Waals surface area contributed by atoms with E-state index in [4.69, 9.17) is 11.6 Å². The SMILES string of the molecule is Clc1cc(SCc2ccccc2)cs1. The summed E-state index contributed by atoms with van der Waals surface area (Å²) in [4.78, 5) is 1.25. The van der Waals surface area contributed by atoms with Gasteiger partial charge < -0.3 is 0 Å². The van der Waals surface area contributed by atoms with Crippen LogP contribution in [0.5, 0.6) is 0 Å². The molecule has 0 radical (unpaired) electrons. The molecule has 0 nitrogen and oxygen atoms in total. The molecule has 72 valence electrons. The lowest BCUT2D eigenvalue weighted by Gasteiger charge is -1.98. The normalized spacial score (nSPS) is 10.4. The van der Waals surface area contributed by atoms with Crippen LogP contribution in [0.25, 0.3) is 0 Å². The molecule has 0 fully saturated rings. The number of hydrogen-bond acceptors (Lipinski definition) is 2. The van der Waals surface area contributed by atoms with Gasteiger partial charge in [0.1, 0.15) is 0 Å². The average Bonchev–Trinajstić information content (AvgIpc) is 2.63. The van der Waals surface area contributed by atoms with Crippen LogP contribution >= 0.6 is 34.7 Å². The maximum absolute atomic E-state index is 5.85. The fourth-order valence-corrected chi connectivity index (χ4v) is 3.14. The van der Waals surface area contributed by atoms with Crippen LogP contribution in [-0.2, 0) is 5.75 Å². The summed E-state index contributed by atoms with van der Waals surface area (Å²) in [6, 6.07) is 12.5. The molecule has 0 saturated heterocycles. The second-order valence-electron chi connectivity index (χ2n) is 2.86. The molecule has 1 aromatic heterocycles. The molecule has 0 bridgehead atoms. The summed E-state index contributed by atoms with van der Waals surface area (Å²) in [6.07, 6.45) is 0. The number of thiophene rings is 1.